The van der Waals surface area contributed by atoms with E-state index in [1.54, 1.807) is 36.4 Å². The monoisotopic (exact) mass is 502 g/mol. The highest BCUT2D eigenvalue weighted by Gasteiger charge is 2.35. The van der Waals surface area contributed by atoms with Crippen LogP contribution in [0.25, 0.3) is 17.5 Å². The fourth-order valence-electron chi connectivity index (χ4n) is 3.97. The number of allylic oxidation sites excluding steroid dienone is 1. The van der Waals surface area contributed by atoms with Crippen LogP contribution in [0.5, 0.6) is 5.75 Å². The number of ether oxygens (including phenoxy) is 2. The lowest BCUT2D eigenvalue weighted by Gasteiger charge is -2.25. The van der Waals surface area contributed by atoms with E-state index in [2.05, 4.69) is 16.1 Å². The molecule has 1 amide bonds. The Kier molecular flexibility index (Phi) is 6.76. The molecule has 1 aromatic heterocycles. The normalized spacial score (nSPS) is 15.2. The topological polar surface area (TPSA) is 136 Å². The van der Waals surface area contributed by atoms with E-state index in [9.17, 15) is 19.6 Å². The van der Waals surface area contributed by atoms with Gasteiger partial charge in [0.1, 0.15) is 20.8 Å². The van der Waals surface area contributed by atoms with Crippen LogP contribution < -0.4 is 30.5 Å². The van der Waals surface area contributed by atoms with Crippen molar-refractivity contribution in [1.29, 1.82) is 5.26 Å². The van der Waals surface area contributed by atoms with Gasteiger partial charge in [-0.25, -0.2) is 4.79 Å². The minimum Gasteiger partial charge on any atom is -0.497 e. The number of esters is 1. The van der Waals surface area contributed by atoms with Gasteiger partial charge in [0.15, 0.2) is 0 Å². The van der Waals surface area contributed by atoms with Crippen molar-refractivity contribution in [2.75, 3.05) is 19.5 Å². The second kappa shape index (κ2) is 9.93. The molecule has 1 unspecified atom stereocenters. The van der Waals surface area contributed by atoms with Crippen molar-refractivity contribution in [2.45, 2.75) is 12.8 Å². The number of hydrogen-bond donors (Lipinski definition) is 2. The van der Waals surface area contributed by atoms with Crippen LogP contribution in [0.4, 0.5) is 5.69 Å². The Morgan fingerprint density at radius 2 is 1.86 bits per heavy atom. The van der Waals surface area contributed by atoms with Gasteiger partial charge in [0.05, 0.1) is 37.4 Å². The summed E-state index contributed by atoms with van der Waals surface area (Å²) in [6, 6.07) is 16.2. The number of carbonyl (C=O) groups is 2. The molecule has 1 atom stereocenters. The fourth-order valence-corrected chi connectivity index (χ4v) is 5.10. The van der Waals surface area contributed by atoms with Crippen LogP contribution in [0.3, 0.4) is 0 Å². The van der Waals surface area contributed by atoms with Crippen LogP contribution >= 0.6 is 11.3 Å². The molecule has 0 saturated carbocycles. The van der Waals surface area contributed by atoms with Gasteiger partial charge >= 0.3 is 5.97 Å². The first kappa shape index (κ1) is 24.5. The van der Waals surface area contributed by atoms with Gasteiger partial charge in [-0.05, 0) is 36.2 Å². The second-order valence-electron chi connectivity index (χ2n) is 7.88. The summed E-state index contributed by atoms with van der Waals surface area (Å²) in [5.74, 6) is -1.61. The maximum absolute atomic E-state index is 13.8. The van der Waals surface area contributed by atoms with Crippen LogP contribution in [0, 0.1) is 18.3 Å². The zero-order chi connectivity index (χ0) is 26.0. The lowest BCUT2D eigenvalue weighted by molar-refractivity contribution is -0.133. The Bertz CT molecular complexity index is 1620. The predicted molar refractivity (Wildman–Crippen MR) is 136 cm³/mol. The maximum atomic E-state index is 13.8. The third-order valence-electron chi connectivity index (χ3n) is 5.81. The lowest BCUT2D eigenvalue weighted by Crippen LogP contribution is -2.40. The summed E-state index contributed by atoms with van der Waals surface area (Å²) < 4.78 is 11.2. The van der Waals surface area contributed by atoms with Crippen molar-refractivity contribution in [1.82, 2.24) is 4.57 Å². The molecule has 2 heterocycles. The number of aryl methyl sites for hydroxylation is 1. The number of para-hydroxylation sites is 1. The van der Waals surface area contributed by atoms with E-state index in [0.29, 0.717) is 17.0 Å². The Morgan fingerprint density at radius 1 is 1.17 bits per heavy atom. The average molecular weight is 503 g/mol. The van der Waals surface area contributed by atoms with Gasteiger partial charge in [0, 0.05) is 11.8 Å². The van der Waals surface area contributed by atoms with Crippen molar-refractivity contribution in [3.8, 4) is 11.8 Å². The van der Waals surface area contributed by atoms with Crippen molar-refractivity contribution < 1.29 is 19.1 Å². The van der Waals surface area contributed by atoms with Crippen LogP contribution in [0.1, 0.15) is 17.0 Å². The molecule has 0 bridgehead atoms. The summed E-state index contributed by atoms with van der Waals surface area (Å²) in [4.78, 5) is 38.9. The molecule has 3 N–H and O–H groups in total. The predicted octanol–water partition coefficient (Wildman–Crippen LogP) is 1.42. The Hall–Kier alpha value is -4.62. The molecule has 0 spiro atoms. The van der Waals surface area contributed by atoms with Crippen molar-refractivity contribution in [3.63, 3.8) is 0 Å². The van der Waals surface area contributed by atoms with E-state index < -0.39 is 23.4 Å². The SMILES string of the molecule is COC(=O)C=c1sc2n(c1=O)C(N)=C(C#N)C(c1ccc(OC)cc1)C=2C(=O)Nc1ccccc1C. The number of nitrogens with zero attached hydrogens (tertiary/aromatic N) is 2. The van der Waals surface area contributed by atoms with E-state index >= 15 is 0 Å². The number of rotatable bonds is 5. The van der Waals surface area contributed by atoms with Crippen LogP contribution in [-0.4, -0.2) is 30.7 Å². The highest BCUT2D eigenvalue weighted by molar-refractivity contribution is 7.07. The number of nitriles is 1. The number of anilines is 1. The number of methoxy groups -OCH3 is 2. The van der Waals surface area contributed by atoms with Crippen molar-refractivity contribution in [3.05, 3.63) is 84.8 Å². The molecule has 10 heteroatoms. The number of benzene rings is 2. The molecule has 0 aliphatic carbocycles. The summed E-state index contributed by atoms with van der Waals surface area (Å²) in [6.07, 6.45) is 1.04. The molecule has 4 rings (SSSR count). The third-order valence-corrected chi connectivity index (χ3v) is 6.91. The van der Waals surface area contributed by atoms with Gasteiger partial charge in [-0.15, -0.1) is 11.3 Å². The highest BCUT2D eigenvalue weighted by Crippen LogP contribution is 2.37. The number of hydrogen-bond acceptors (Lipinski definition) is 8. The minimum absolute atomic E-state index is 0.0219. The molecule has 182 valence electrons. The first-order valence-electron chi connectivity index (χ1n) is 10.8. The summed E-state index contributed by atoms with van der Waals surface area (Å²) in [5.41, 5.74) is 7.91. The van der Waals surface area contributed by atoms with Gasteiger partial charge < -0.3 is 20.5 Å². The van der Waals surface area contributed by atoms with Crippen LogP contribution in [0.2, 0.25) is 0 Å². The van der Waals surface area contributed by atoms with E-state index in [1.165, 1.54) is 14.2 Å². The van der Waals surface area contributed by atoms with Crippen LogP contribution in [-0.2, 0) is 14.3 Å². The van der Waals surface area contributed by atoms with Gasteiger partial charge in [-0.1, -0.05) is 30.3 Å². The van der Waals surface area contributed by atoms with Crippen LogP contribution in [0.15, 0.2) is 58.9 Å². The maximum Gasteiger partial charge on any atom is 0.332 e. The van der Waals surface area contributed by atoms with Gasteiger partial charge in [0.2, 0.25) is 0 Å². The second-order valence-corrected chi connectivity index (χ2v) is 8.91. The highest BCUT2D eigenvalue weighted by atomic mass is 32.1. The molecule has 0 fully saturated rings. The summed E-state index contributed by atoms with van der Waals surface area (Å²) in [6.45, 7) is 1.85. The average Bonchev–Trinajstić information content (AvgIpc) is 3.20. The molecule has 1 aliphatic heterocycles. The molecular formula is C26H22N4O5S. The zero-order valence-corrected chi connectivity index (χ0v) is 20.5. The lowest BCUT2D eigenvalue weighted by atomic mass is 9.83. The molecule has 9 nitrogen and oxygen atoms in total. The van der Waals surface area contributed by atoms with Gasteiger partial charge in [-0.2, -0.15) is 5.26 Å². The Balaban J connectivity index is 2.05. The third kappa shape index (κ3) is 4.28. The molecule has 0 radical (unpaired) electrons. The number of aromatic nitrogens is 1. The number of carbonyl (C=O) groups excluding carboxylic acids is 2. The summed E-state index contributed by atoms with van der Waals surface area (Å²) in [7, 11) is 2.73. The molecule has 0 saturated heterocycles. The molecular weight excluding hydrogens is 480 g/mol. The van der Waals surface area contributed by atoms with E-state index in [1.807, 2.05) is 19.1 Å². The fraction of sp³-hybridized carbons (Fsp3) is 0.154. The van der Waals surface area contributed by atoms with Gasteiger partial charge in [-0.3, -0.25) is 14.2 Å². The molecule has 3 aromatic rings. The number of amides is 1. The van der Waals surface area contributed by atoms with E-state index in [-0.39, 0.29) is 26.2 Å². The Labute approximate surface area is 210 Å². The number of fused-ring (bicyclic) bond motifs is 1. The largest absolute Gasteiger partial charge is 0.497 e. The quantitative estimate of drug-likeness (QED) is 0.504. The van der Waals surface area contributed by atoms with E-state index in [0.717, 1.165) is 27.5 Å². The molecule has 1 aliphatic rings. The standard InChI is InChI=1S/C26H22N4O5S/c1-14-6-4-5-7-18(14)29-24(32)22-21(15-8-10-16(34-2)11-9-15)17(13-27)23(28)30-25(33)19(36-26(22)30)12-20(31)35-3/h4-12,21H,28H2,1-3H3,(H,29,32). The van der Waals surface area contributed by atoms with Crippen molar-refractivity contribution >= 4 is 46.4 Å². The Morgan fingerprint density at radius 3 is 2.47 bits per heavy atom. The first-order valence-corrected chi connectivity index (χ1v) is 11.6. The minimum atomic E-state index is -0.867. The number of nitrogens with two attached hydrogens (primary N) is 1. The first-order chi connectivity index (χ1) is 17.3. The van der Waals surface area contributed by atoms with E-state index in [4.69, 9.17) is 10.5 Å². The summed E-state index contributed by atoms with van der Waals surface area (Å²) in [5, 5.41) is 13.0. The number of thiazole rings is 1. The summed E-state index contributed by atoms with van der Waals surface area (Å²) >= 11 is 0.927. The van der Waals surface area contributed by atoms with Crippen molar-refractivity contribution in [2.24, 2.45) is 5.73 Å². The smallest absolute Gasteiger partial charge is 0.332 e. The molecule has 2 aromatic carbocycles. The van der Waals surface area contributed by atoms with Gasteiger partial charge in [0.25, 0.3) is 11.5 Å². The number of nitrogens with one attached hydrogen (secondary N) is 1. The zero-order valence-electron chi connectivity index (χ0n) is 19.7. The molecule has 36 heavy (non-hydrogen) atoms.